The number of pyridine rings is 1. The van der Waals surface area contributed by atoms with E-state index in [-0.39, 0.29) is 0 Å². The minimum Gasteiger partial charge on any atom is -0.373 e. The molecule has 0 atom stereocenters. The Morgan fingerprint density at radius 3 is 2.53 bits per heavy atom. The summed E-state index contributed by atoms with van der Waals surface area (Å²) in [6, 6.07) is 10.3. The second kappa shape index (κ2) is 6.92. The largest absolute Gasteiger partial charge is 0.373 e. The van der Waals surface area contributed by atoms with E-state index in [1.54, 1.807) is 0 Å². The average molecular weight is 340 g/mol. The van der Waals surface area contributed by atoms with E-state index in [1.807, 2.05) is 30.6 Å². The summed E-state index contributed by atoms with van der Waals surface area (Å²) in [4.78, 5) is 6.21. The van der Waals surface area contributed by atoms with Gasteiger partial charge in [0.05, 0.1) is 10.7 Å². The van der Waals surface area contributed by atoms with Gasteiger partial charge in [-0.3, -0.25) is 4.98 Å². The lowest BCUT2D eigenvalue weighted by Gasteiger charge is -2.21. The molecule has 0 radical (unpaired) electrons. The lowest BCUT2D eigenvalue weighted by Crippen LogP contribution is -2.20. The van der Waals surface area contributed by atoms with Crippen molar-refractivity contribution < 1.29 is 0 Å². The van der Waals surface area contributed by atoms with Crippen LogP contribution >= 0.6 is 27.5 Å². The molecule has 2 rings (SSSR count). The summed E-state index contributed by atoms with van der Waals surface area (Å²) in [6.07, 6.45) is 4.63. The van der Waals surface area contributed by atoms with Crippen LogP contribution in [0.3, 0.4) is 0 Å². The smallest absolute Gasteiger partial charge is 0.0642 e. The summed E-state index contributed by atoms with van der Waals surface area (Å²) >= 11 is 9.75. The summed E-state index contributed by atoms with van der Waals surface area (Å²) in [5, 5.41) is 1.63. The van der Waals surface area contributed by atoms with Crippen molar-refractivity contribution >= 4 is 33.2 Å². The van der Waals surface area contributed by atoms with Crippen LogP contribution in [0.5, 0.6) is 0 Å². The predicted molar refractivity (Wildman–Crippen MR) is 85.3 cm³/mol. The van der Waals surface area contributed by atoms with Gasteiger partial charge in [0.1, 0.15) is 0 Å². The van der Waals surface area contributed by atoms with E-state index < -0.39 is 0 Å². The highest BCUT2D eigenvalue weighted by Crippen LogP contribution is 2.27. The summed E-state index contributed by atoms with van der Waals surface area (Å²) in [5.41, 5.74) is 3.55. The second-order valence-corrected chi connectivity index (χ2v) is 5.41. The molecule has 0 saturated heterocycles. The standard InChI is InChI=1S/C15H16BrClN2/c1-19(9-6-12-4-7-18-8-5-12)15-3-2-13(11-16)10-14(15)17/h2-5,7-8,10H,6,9,11H2,1H3. The van der Waals surface area contributed by atoms with E-state index in [0.29, 0.717) is 0 Å². The number of likely N-dealkylation sites (N-methyl/N-ethyl adjacent to an activating group) is 1. The van der Waals surface area contributed by atoms with Crippen LogP contribution in [-0.2, 0) is 11.8 Å². The maximum atomic E-state index is 6.31. The minimum atomic E-state index is 0.800. The van der Waals surface area contributed by atoms with E-state index in [1.165, 1.54) is 11.1 Å². The Morgan fingerprint density at radius 1 is 1.16 bits per heavy atom. The van der Waals surface area contributed by atoms with Crippen molar-refractivity contribution in [3.63, 3.8) is 0 Å². The van der Waals surface area contributed by atoms with Crippen LogP contribution in [0.25, 0.3) is 0 Å². The molecule has 1 heterocycles. The first kappa shape index (κ1) is 14.4. The Morgan fingerprint density at radius 2 is 1.89 bits per heavy atom. The summed E-state index contributed by atoms with van der Waals surface area (Å²) in [7, 11) is 2.07. The number of nitrogens with zero attached hydrogens (tertiary/aromatic N) is 2. The fraction of sp³-hybridized carbons (Fsp3) is 0.267. The zero-order chi connectivity index (χ0) is 13.7. The normalized spacial score (nSPS) is 10.5. The predicted octanol–water partition coefficient (Wildman–Crippen LogP) is 4.31. The van der Waals surface area contributed by atoms with Crippen LogP contribution in [0.2, 0.25) is 5.02 Å². The van der Waals surface area contributed by atoms with Crippen molar-refractivity contribution in [2.45, 2.75) is 11.8 Å². The third kappa shape index (κ3) is 3.95. The van der Waals surface area contributed by atoms with Crippen molar-refractivity contribution in [2.24, 2.45) is 0 Å². The van der Waals surface area contributed by atoms with E-state index in [0.717, 1.165) is 29.0 Å². The van der Waals surface area contributed by atoms with E-state index in [2.05, 4.69) is 45.0 Å². The van der Waals surface area contributed by atoms with Crippen LogP contribution in [0.1, 0.15) is 11.1 Å². The molecule has 0 amide bonds. The maximum absolute atomic E-state index is 6.31. The number of rotatable bonds is 5. The summed E-state index contributed by atoms with van der Waals surface area (Å²) < 4.78 is 0. The maximum Gasteiger partial charge on any atom is 0.0642 e. The van der Waals surface area contributed by atoms with Gasteiger partial charge in [-0.2, -0.15) is 0 Å². The number of anilines is 1. The molecule has 0 aliphatic carbocycles. The lowest BCUT2D eigenvalue weighted by atomic mass is 10.1. The number of alkyl halides is 1. The first-order chi connectivity index (χ1) is 9.20. The molecule has 19 heavy (non-hydrogen) atoms. The third-order valence-corrected chi connectivity index (χ3v) is 4.01. The quantitative estimate of drug-likeness (QED) is 0.755. The van der Waals surface area contributed by atoms with E-state index >= 15 is 0 Å². The van der Waals surface area contributed by atoms with Crippen molar-refractivity contribution in [1.82, 2.24) is 4.98 Å². The first-order valence-electron chi connectivity index (χ1n) is 6.15. The number of halogens is 2. The lowest BCUT2D eigenvalue weighted by molar-refractivity contribution is 0.875. The highest BCUT2D eigenvalue weighted by molar-refractivity contribution is 9.08. The van der Waals surface area contributed by atoms with Gasteiger partial charge in [-0.05, 0) is 41.8 Å². The number of aromatic nitrogens is 1. The van der Waals surface area contributed by atoms with Gasteiger partial charge < -0.3 is 4.90 Å². The van der Waals surface area contributed by atoms with Gasteiger partial charge >= 0.3 is 0 Å². The molecular formula is C15H16BrClN2. The monoisotopic (exact) mass is 338 g/mol. The third-order valence-electron chi connectivity index (χ3n) is 3.06. The highest BCUT2D eigenvalue weighted by atomic mass is 79.9. The second-order valence-electron chi connectivity index (χ2n) is 4.45. The Bertz CT molecular complexity index is 531. The summed E-state index contributed by atoms with van der Waals surface area (Å²) in [6.45, 7) is 0.928. The Balaban J connectivity index is 2.02. The molecule has 2 nitrogen and oxygen atoms in total. The fourth-order valence-corrected chi connectivity index (χ4v) is 2.61. The molecule has 0 unspecified atom stereocenters. The van der Waals surface area contributed by atoms with Gasteiger partial charge in [-0.15, -0.1) is 0 Å². The van der Waals surface area contributed by atoms with Gasteiger partial charge in [-0.25, -0.2) is 0 Å². The fourth-order valence-electron chi connectivity index (χ4n) is 1.91. The van der Waals surface area contributed by atoms with Crippen molar-refractivity contribution in [2.75, 3.05) is 18.5 Å². The molecule has 2 aromatic rings. The Hall–Kier alpha value is -1.06. The van der Waals surface area contributed by atoms with Crippen LogP contribution in [0, 0.1) is 0 Å². The molecular weight excluding hydrogens is 324 g/mol. The Labute approximate surface area is 127 Å². The van der Waals surface area contributed by atoms with Crippen LogP contribution < -0.4 is 4.90 Å². The Kier molecular flexibility index (Phi) is 5.23. The van der Waals surface area contributed by atoms with Crippen molar-refractivity contribution in [3.05, 3.63) is 58.9 Å². The van der Waals surface area contributed by atoms with Gasteiger partial charge in [0, 0.05) is 31.3 Å². The topological polar surface area (TPSA) is 16.1 Å². The molecule has 1 aromatic carbocycles. The van der Waals surface area contributed by atoms with Crippen molar-refractivity contribution in [1.29, 1.82) is 0 Å². The zero-order valence-electron chi connectivity index (χ0n) is 10.8. The average Bonchev–Trinajstić information content (AvgIpc) is 2.45. The molecule has 0 bridgehead atoms. The molecule has 0 N–H and O–H groups in total. The minimum absolute atomic E-state index is 0.800. The SMILES string of the molecule is CN(CCc1ccncc1)c1ccc(CBr)cc1Cl. The molecule has 0 fully saturated rings. The van der Waals surface area contributed by atoms with Crippen LogP contribution in [-0.4, -0.2) is 18.6 Å². The molecule has 0 spiro atoms. The van der Waals surface area contributed by atoms with Gasteiger partial charge in [0.2, 0.25) is 0 Å². The van der Waals surface area contributed by atoms with Gasteiger partial charge in [0.15, 0.2) is 0 Å². The molecule has 4 heteroatoms. The van der Waals surface area contributed by atoms with Crippen molar-refractivity contribution in [3.8, 4) is 0 Å². The summed E-state index contributed by atoms with van der Waals surface area (Å²) in [5.74, 6) is 0. The van der Waals surface area contributed by atoms with Crippen LogP contribution in [0.4, 0.5) is 5.69 Å². The van der Waals surface area contributed by atoms with Crippen LogP contribution in [0.15, 0.2) is 42.7 Å². The molecule has 0 saturated carbocycles. The van der Waals surface area contributed by atoms with Gasteiger partial charge in [-0.1, -0.05) is 33.6 Å². The van der Waals surface area contributed by atoms with E-state index in [9.17, 15) is 0 Å². The molecule has 1 aromatic heterocycles. The molecule has 0 aliphatic heterocycles. The van der Waals surface area contributed by atoms with Gasteiger partial charge in [0.25, 0.3) is 0 Å². The number of hydrogen-bond donors (Lipinski definition) is 0. The number of benzene rings is 1. The zero-order valence-corrected chi connectivity index (χ0v) is 13.2. The van der Waals surface area contributed by atoms with E-state index in [4.69, 9.17) is 11.6 Å². The molecule has 100 valence electrons. The number of hydrogen-bond acceptors (Lipinski definition) is 2. The molecule has 0 aliphatic rings. The highest BCUT2D eigenvalue weighted by Gasteiger charge is 2.07. The first-order valence-corrected chi connectivity index (χ1v) is 7.65.